The molecule has 104 valence electrons. The Bertz CT molecular complexity index is 642. The molecule has 0 saturated carbocycles. The molecule has 7 heteroatoms. The predicted octanol–water partition coefficient (Wildman–Crippen LogP) is 2.90. The highest BCUT2D eigenvalue weighted by atomic mass is 35.5. The summed E-state index contributed by atoms with van der Waals surface area (Å²) >= 11 is 7.08. The molecule has 20 heavy (non-hydrogen) atoms. The molecule has 0 unspecified atom stereocenters. The molecule has 1 aromatic heterocycles. The molecule has 1 heterocycles. The summed E-state index contributed by atoms with van der Waals surface area (Å²) in [5.74, 6) is -1.03. The second-order valence-corrected chi connectivity index (χ2v) is 5.22. The predicted molar refractivity (Wildman–Crippen MR) is 77.2 cm³/mol. The van der Waals surface area contributed by atoms with E-state index in [1.165, 1.54) is 17.4 Å². The third-order valence-electron chi connectivity index (χ3n) is 2.26. The molecule has 0 spiro atoms. The van der Waals surface area contributed by atoms with E-state index in [1.54, 1.807) is 18.2 Å². The molecular formula is C13H11ClN2O3S. The first-order chi connectivity index (χ1) is 9.54. The van der Waals surface area contributed by atoms with Crippen molar-refractivity contribution in [1.29, 1.82) is 0 Å². The van der Waals surface area contributed by atoms with E-state index >= 15 is 0 Å². The Morgan fingerprint density at radius 3 is 2.90 bits per heavy atom. The largest absolute Gasteiger partial charge is 0.452 e. The summed E-state index contributed by atoms with van der Waals surface area (Å²) in [5.41, 5.74) is 1.12. The van der Waals surface area contributed by atoms with Crippen LogP contribution < -0.4 is 5.32 Å². The monoisotopic (exact) mass is 310 g/mol. The van der Waals surface area contributed by atoms with Crippen molar-refractivity contribution < 1.29 is 14.3 Å². The molecule has 2 aromatic rings. The molecule has 0 fully saturated rings. The number of benzene rings is 1. The molecule has 2 rings (SSSR count). The van der Waals surface area contributed by atoms with Crippen molar-refractivity contribution in [2.75, 3.05) is 11.9 Å². The van der Waals surface area contributed by atoms with E-state index < -0.39 is 11.9 Å². The molecule has 0 aliphatic carbocycles. The Morgan fingerprint density at radius 1 is 1.45 bits per heavy atom. The summed E-state index contributed by atoms with van der Waals surface area (Å²) in [6, 6.07) is 6.33. The lowest BCUT2D eigenvalue weighted by Crippen LogP contribution is -2.20. The second kappa shape index (κ2) is 6.49. The number of anilines is 1. The van der Waals surface area contributed by atoms with Gasteiger partial charge in [0.25, 0.3) is 5.91 Å². The third-order valence-corrected chi connectivity index (χ3v) is 3.37. The van der Waals surface area contributed by atoms with Crippen molar-refractivity contribution in [1.82, 2.24) is 4.98 Å². The van der Waals surface area contributed by atoms with E-state index in [0.717, 1.165) is 5.69 Å². The van der Waals surface area contributed by atoms with E-state index in [1.807, 2.05) is 12.3 Å². The van der Waals surface area contributed by atoms with Crippen LogP contribution >= 0.6 is 22.9 Å². The fraction of sp³-hybridized carbons (Fsp3) is 0.154. The summed E-state index contributed by atoms with van der Waals surface area (Å²) in [6.45, 7) is 1.45. The van der Waals surface area contributed by atoms with Crippen molar-refractivity contribution >= 4 is 39.9 Å². The summed E-state index contributed by atoms with van der Waals surface area (Å²) in [4.78, 5) is 27.3. The van der Waals surface area contributed by atoms with Gasteiger partial charge in [-0.3, -0.25) is 10.1 Å². The zero-order chi connectivity index (χ0) is 14.5. The maximum atomic E-state index is 11.7. The molecule has 1 aromatic carbocycles. The molecule has 0 saturated heterocycles. The molecule has 0 aliphatic heterocycles. The Morgan fingerprint density at radius 2 is 2.25 bits per heavy atom. The summed E-state index contributed by atoms with van der Waals surface area (Å²) in [7, 11) is 0. The van der Waals surface area contributed by atoms with Crippen LogP contribution in [0.3, 0.4) is 0 Å². The highest BCUT2D eigenvalue weighted by Crippen LogP contribution is 2.14. The number of nitrogens with one attached hydrogen (secondary N) is 1. The maximum Gasteiger partial charge on any atom is 0.338 e. The molecule has 1 amide bonds. The number of aromatic nitrogens is 1. The smallest absolute Gasteiger partial charge is 0.338 e. The van der Waals surface area contributed by atoms with Crippen molar-refractivity contribution in [2.24, 2.45) is 0 Å². The van der Waals surface area contributed by atoms with Crippen LogP contribution in [0, 0.1) is 6.92 Å². The van der Waals surface area contributed by atoms with E-state index in [-0.39, 0.29) is 6.61 Å². The van der Waals surface area contributed by atoms with Crippen LogP contribution in [-0.2, 0) is 9.53 Å². The Labute approximate surface area is 124 Å². The van der Waals surface area contributed by atoms with Gasteiger partial charge in [0.05, 0.1) is 11.3 Å². The topological polar surface area (TPSA) is 68.3 Å². The summed E-state index contributed by atoms with van der Waals surface area (Å²) in [6.07, 6.45) is 0. The van der Waals surface area contributed by atoms with Gasteiger partial charge in [0.1, 0.15) is 0 Å². The van der Waals surface area contributed by atoms with Crippen molar-refractivity contribution in [3.63, 3.8) is 0 Å². The Kier molecular flexibility index (Phi) is 4.70. The SMILES string of the molecule is Cc1csc(NC(=O)COC(=O)c2cccc(Cl)c2)n1. The van der Waals surface area contributed by atoms with Gasteiger partial charge in [-0.05, 0) is 25.1 Å². The van der Waals surface area contributed by atoms with Crippen LogP contribution in [0.15, 0.2) is 29.6 Å². The highest BCUT2D eigenvalue weighted by molar-refractivity contribution is 7.13. The van der Waals surface area contributed by atoms with Crippen LogP contribution in [0.2, 0.25) is 5.02 Å². The van der Waals surface area contributed by atoms with Crippen LogP contribution in [0.1, 0.15) is 16.1 Å². The van der Waals surface area contributed by atoms with Gasteiger partial charge in [0.15, 0.2) is 11.7 Å². The Hall–Kier alpha value is -1.92. The summed E-state index contributed by atoms with van der Waals surface area (Å²) in [5, 5.41) is 5.27. The normalized spacial score (nSPS) is 10.1. The average Bonchev–Trinajstić information content (AvgIpc) is 2.81. The second-order valence-electron chi connectivity index (χ2n) is 3.93. The Balaban J connectivity index is 1.85. The molecule has 1 N–H and O–H groups in total. The van der Waals surface area contributed by atoms with Crippen molar-refractivity contribution in [3.8, 4) is 0 Å². The van der Waals surface area contributed by atoms with Gasteiger partial charge >= 0.3 is 5.97 Å². The van der Waals surface area contributed by atoms with Crippen molar-refractivity contribution in [2.45, 2.75) is 6.92 Å². The van der Waals surface area contributed by atoms with E-state index in [4.69, 9.17) is 16.3 Å². The van der Waals surface area contributed by atoms with Crippen LogP contribution in [0.4, 0.5) is 5.13 Å². The fourth-order valence-corrected chi connectivity index (χ4v) is 2.29. The van der Waals surface area contributed by atoms with Gasteiger partial charge in [-0.25, -0.2) is 9.78 Å². The lowest BCUT2D eigenvalue weighted by Gasteiger charge is -2.04. The molecule has 0 bridgehead atoms. The number of esters is 1. The molecule has 0 radical (unpaired) electrons. The molecule has 0 atom stereocenters. The van der Waals surface area contributed by atoms with Crippen LogP contribution in [0.25, 0.3) is 0 Å². The number of carbonyl (C=O) groups is 2. The highest BCUT2D eigenvalue weighted by Gasteiger charge is 2.11. The van der Waals surface area contributed by atoms with E-state index in [9.17, 15) is 9.59 Å². The number of aryl methyl sites for hydroxylation is 1. The number of hydrogen-bond donors (Lipinski definition) is 1. The maximum absolute atomic E-state index is 11.7. The summed E-state index contributed by atoms with van der Waals surface area (Å²) < 4.78 is 4.89. The van der Waals surface area contributed by atoms with Crippen molar-refractivity contribution in [3.05, 3.63) is 45.9 Å². The van der Waals surface area contributed by atoms with Crippen LogP contribution in [-0.4, -0.2) is 23.5 Å². The van der Waals surface area contributed by atoms with Gasteiger partial charge in [0, 0.05) is 10.4 Å². The van der Waals surface area contributed by atoms with Gasteiger partial charge in [-0.15, -0.1) is 11.3 Å². The van der Waals surface area contributed by atoms with Crippen LogP contribution in [0.5, 0.6) is 0 Å². The number of hydrogen-bond acceptors (Lipinski definition) is 5. The lowest BCUT2D eigenvalue weighted by atomic mass is 10.2. The minimum atomic E-state index is -0.599. The quantitative estimate of drug-likeness (QED) is 0.882. The standard InChI is InChI=1S/C13H11ClN2O3S/c1-8-7-20-13(15-8)16-11(17)6-19-12(18)9-3-2-4-10(14)5-9/h2-5,7H,6H2,1H3,(H,15,16,17). The minimum absolute atomic E-state index is 0.301. The van der Waals surface area contributed by atoms with Gasteiger partial charge in [-0.2, -0.15) is 0 Å². The number of nitrogens with zero attached hydrogens (tertiary/aromatic N) is 1. The zero-order valence-corrected chi connectivity index (χ0v) is 12.1. The fourth-order valence-electron chi connectivity index (χ4n) is 1.40. The van der Waals surface area contributed by atoms with E-state index in [2.05, 4.69) is 10.3 Å². The first-order valence-corrected chi connectivity index (χ1v) is 6.95. The van der Waals surface area contributed by atoms with E-state index in [0.29, 0.717) is 15.7 Å². The minimum Gasteiger partial charge on any atom is -0.452 e. The first-order valence-electron chi connectivity index (χ1n) is 5.69. The number of amides is 1. The van der Waals surface area contributed by atoms with Gasteiger partial charge < -0.3 is 4.74 Å². The van der Waals surface area contributed by atoms with Gasteiger partial charge in [0.2, 0.25) is 0 Å². The number of carbonyl (C=O) groups excluding carboxylic acids is 2. The van der Waals surface area contributed by atoms with Gasteiger partial charge in [-0.1, -0.05) is 17.7 Å². The molecular weight excluding hydrogens is 300 g/mol. The third kappa shape index (κ3) is 4.04. The lowest BCUT2D eigenvalue weighted by molar-refractivity contribution is -0.119. The molecule has 0 aliphatic rings. The molecule has 5 nitrogen and oxygen atoms in total. The average molecular weight is 311 g/mol. The number of ether oxygens (including phenoxy) is 1. The first kappa shape index (κ1) is 14.5. The number of thiazole rings is 1. The number of rotatable bonds is 4. The zero-order valence-electron chi connectivity index (χ0n) is 10.6. The number of halogens is 1.